The number of nitrogens with zero attached hydrogens (tertiary/aromatic N) is 3. The topological polar surface area (TPSA) is 56.7 Å². The molecule has 0 aliphatic heterocycles. The molecule has 0 radical (unpaired) electrons. The maximum atomic E-state index is 6.05. The number of nitrogens with two attached hydrogens (primary N) is 1. The van der Waals surface area contributed by atoms with Gasteiger partial charge in [0.05, 0.1) is 6.04 Å². The number of hydrogen-bond acceptors (Lipinski definition) is 3. The number of hydrogen-bond donors (Lipinski definition) is 1. The SMILES string of the molecule is CCC(C)C(N)c1nncn1CC. The van der Waals surface area contributed by atoms with Gasteiger partial charge in [-0.15, -0.1) is 10.2 Å². The number of aryl methyl sites for hydroxylation is 1. The molecular formula is C9H18N4. The first kappa shape index (κ1) is 10.2. The van der Waals surface area contributed by atoms with E-state index in [2.05, 4.69) is 31.0 Å². The Kier molecular flexibility index (Phi) is 3.42. The van der Waals surface area contributed by atoms with E-state index in [1.807, 2.05) is 4.57 Å². The highest BCUT2D eigenvalue weighted by Crippen LogP contribution is 2.19. The lowest BCUT2D eigenvalue weighted by atomic mass is 9.99. The van der Waals surface area contributed by atoms with Crippen LogP contribution in [0.4, 0.5) is 0 Å². The summed E-state index contributed by atoms with van der Waals surface area (Å²) in [7, 11) is 0. The lowest BCUT2D eigenvalue weighted by molar-refractivity contribution is 0.424. The van der Waals surface area contributed by atoms with E-state index in [0.29, 0.717) is 5.92 Å². The van der Waals surface area contributed by atoms with Crippen molar-refractivity contribution >= 4 is 0 Å². The Hall–Kier alpha value is -0.900. The normalized spacial score (nSPS) is 15.7. The van der Waals surface area contributed by atoms with Gasteiger partial charge in [0.1, 0.15) is 12.2 Å². The molecule has 0 saturated heterocycles. The number of aromatic nitrogens is 3. The minimum atomic E-state index is 0.00690. The molecule has 1 rings (SSSR count). The second-order valence-electron chi connectivity index (χ2n) is 3.39. The molecular weight excluding hydrogens is 164 g/mol. The summed E-state index contributed by atoms with van der Waals surface area (Å²) in [4.78, 5) is 0. The molecule has 1 aromatic rings. The van der Waals surface area contributed by atoms with Gasteiger partial charge in [0.25, 0.3) is 0 Å². The summed E-state index contributed by atoms with van der Waals surface area (Å²) < 4.78 is 2.00. The fourth-order valence-corrected chi connectivity index (χ4v) is 1.27. The van der Waals surface area contributed by atoms with Crippen molar-refractivity contribution in [2.24, 2.45) is 11.7 Å². The van der Waals surface area contributed by atoms with Crippen molar-refractivity contribution < 1.29 is 0 Å². The van der Waals surface area contributed by atoms with Gasteiger partial charge in [-0.3, -0.25) is 0 Å². The summed E-state index contributed by atoms with van der Waals surface area (Å²) in [5, 5.41) is 7.91. The van der Waals surface area contributed by atoms with Crippen molar-refractivity contribution in [3.8, 4) is 0 Å². The van der Waals surface area contributed by atoms with E-state index >= 15 is 0 Å². The van der Waals surface area contributed by atoms with Crippen LogP contribution < -0.4 is 5.73 Å². The van der Waals surface area contributed by atoms with Crippen LogP contribution in [0.3, 0.4) is 0 Å². The number of rotatable bonds is 4. The van der Waals surface area contributed by atoms with Crippen molar-refractivity contribution in [1.82, 2.24) is 14.8 Å². The summed E-state index contributed by atoms with van der Waals surface area (Å²) in [5.74, 6) is 1.35. The molecule has 0 amide bonds. The van der Waals surface area contributed by atoms with Crippen LogP contribution in [0.15, 0.2) is 6.33 Å². The monoisotopic (exact) mass is 182 g/mol. The Morgan fingerprint density at radius 1 is 1.54 bits per heavy atom. The molecule has 2 unspecified atom stereocenters. The third-order valence-corrected chi connectivity index (χ3v) is 2.54. The van der Waals surface area contributed by atoms with Gasteiger partial charge < -0.3 is 10.3 Å². The molecule has 2 N–H and O–H groups in total. The second-order valence-corrected chi connectivity index (χ2v) is 3.39. The van der Waals surface area contributed by atoms with Crippen molar-refractivity contribution in [1.29, 1.82) is 0 Å². The molecule has 74 valence electrons. The molecule has 0 aliphatic rings. The van der Waals surface area contributed by atoms with Gasteiger partial charge in [-0.1, -0.05) is 20.3 Å². The summed E-state index contributed by atoms with van der Waals surface area (Å²) in [5.41, 5.74) is 6.05. The predicted molar refractivity (Wildman–Crippen MR) is 52.1 cm³/mol. The van der Waals surface area contributed by atoms with Crippen LogP contribution in [-0.2, 0) is 6.54 Å². The van der Waals surface area contributed by atoms with Gasteiger partial charge in [-0.2, -0.15) is 0 Å². The Bertz CT molecular complexity index is 256. The first-order chi connectivity index (χ1) is 6.20. The summed E-state index contributed by atoms with van der Waals surface area (Å²) >= 11 is 0. The Balaban J connectivity index is 2.81. The molecule has 2 atom stereocenters. The lowest BCUT2D eigenvalue weighted by Crippen LogP contribution is -2.22. The quantitative estimate of drug-likeness (QED) is 0.764. The van der Waals surface area contributed by atoms with Crippen molar-refractivity contribution in [2.45, 2.75) is 39.8 Å². The lowest BCUT2D eigenvalue weighted by Gasteiger charge is -2.17. The van der Waals surface area contributed by atoms with Gasteiger partial charge >= 0.3 is 0 Å². The van der Waals surface area contributed by atoms with Crippen LogP contribution in [0.2, 0.25) is 0 Å². The van der Waals surface area contributed by atoms with Gasteiger partial charge in [-0.25, -0.2) is 0 Å². The van der Waals surface area contributed by atoms with Crippen LogP contribution in [-0.4, -0.2) is 14.8 Å². The Morgan fingerprint density at radius 2 is 2.23 bits per heavy atom. The summed E-state index contributed by atoms with van der Waals surface area (Å²) in [6.07, 6.45) is 2.80. The first-order valence-electron chi connectivity index (χ1n) is 4.83. The maximum absolute atomic E-state index is 6.05. The molecule has 1 aromatic heterocycles. The zero-order valence-electron chi connectivity index (χ0n) is 8.57. The largest absolute Gasteiger partial charge is 0.321 e. The van der Waals surface area contributed by atoms with E-state index in [1.165, 1.54) is 0 Å². The standard InChI is InChI=1S/C9H18N4/c1-4-7(3)8(10)9-12-11-6-13(9)5-2/h6-8H,4-5,10H2,1-3H3. The van der Waals surface area contributed by atoms with E-state index in [0.717, 1.165) is 18.8 Å². The van der Waals surface area contributed by atoms with Gasteiger partial charge in [0.15, 0.2) is 0 Å². The third-order valence-electron chi connectivity index (χ3n) is 2.54. The zero-order valence-corrected chi connectivity index (χ0v) is 8.57. The third kappa shape index (κ3) is 2.06. The molecule has 0 fully saturated rings. The average molecular weight is 182 g/mol. The van der Waals surface area contributed by atoms with Gasteiger partial charge in [0.2, 0.25) is 0 Å². The molecule has 13 heavy (non-hydrogen) atoms. The van der Waals surface area contributed by atoms with E-state index in [1.54, 1.807) is 6.33 Å². The van der Waals surface area contributed by atoms with Crippen LogP contribution in [0.25, 0.3) is 0 Å². The van der Waals surface area contributed by atoms with Crippen molar-refractivity contribution in [2.75, 3.05) is 0 Å². The second kappa shape index (κ2) is 4.37. The highest BCUT2D eigenvalue weighted by atomic mass is 15.3. The molecule has 0 aliphatic carbocycles. The highest BCUT2D eigenvalue weighted by molar-refractivity contribution is 4.95. The van der Waals surface area contributed by atoms with Gasteiger partial charge in [0, 0.05) is 6.54 Å². The molecule has 0 bridgehead atoms. The molecule has 0 aromatic carbocycles. The fraction of sp³-hybridized carbons (Fsp3) is 0.778. The first-order valence-corrected chi connectivity index (χ1v) is 4.83. The van der Waals surface area contributed by atoms with Crippen LogP contribution >= 0.6 is 0 Å². The van der Waals surface area contributed by atoms with Crippen LogP contribution in [0, 0.1) is 5.92 Å². The molecule has 4 heteroatoms. The zero-order chi connectivity index (χ0) is 9.84. The van der Waals surface area contributed by atoms with Crippen molar-refractivity contribution in [3.05, 3.63) is 12.2 Å². The van der Waals surface area contributed by atoms with Crippen LogP contribution in [0.5, 0.6) is 0 Å². The van der Waals surface area contributed by atoms with E-state index < -0.39 is 0 Å². The average Bonchev–Trinajstić information content (AvgIpc) is 2.62. The Labute approximate surface area is 79.2 Å². The Morgan fingerprint density at radius 3 is 2.77 bits per heavy atom. The molecule has 0 spiro atoms. The fourth-order valence-electron chi connectivity index (χ4n) is 1.27. The minimum absolute atomic E-state index is 0.00690. The van der Waals surface area contributed by atoms with Crippen molar-refractivity contribution in [3.63, 3.8) is 0 Å². The van der Waals surface area contributed by atoms with Crippen LogP contribution in [0.1, 0.15) is 39.1 Å². The molecule has 0 saturated carbocycles. The van der Waals surface area contributed by atoms with E-state index in [9.17, 15) is 0 Å². The van der Waals surface area contributed by atoms with E-state index in [-0.39, 0.29) is 6.04 Å². The molecule has 1 heterocycles. The van der Waals surface area contributed by atoms with E-state index in [4.69, 9.17) is 5.73 Å². The smallest absolute Gasteiger partial charge is 0.150 e. The predicted octanol–water partition coefficient (Wildman–Crippen LogP) is 1.34. The molecule has 4 nitrogen and oxygen atoms in total. The highest BCUT2D eigenvalue weighted by Gasteiger charge is 2.18. The van der Waals surface area contributed by atoms with Gasteiger partial charge in [-0.05, 0) is 12.8 Å². The minimum Gasteiger partial charge on any atom is -0.321 e. The summed E-state index contributed by atoms with van der Waals surface area (Å²) in [6, 6.07) is 0.00690. The maximum Gasteiger partial charge on any atom is 0.150 e. The summed E-state index contributed by atoms with van der Waals surface area (Å²) in [6.45, 7) is 7.22.